The first-order chi connectivity index (χ1) is 13.1. The van der Waals surface area contributed by atoms with E-state index in [-0.39, 0.29) is 18.1 Å². The van der Waals surface area contributed by atoms with Crippen molar-refractivity contribution >= 4 is 17.1 Å². The summed E-state index contributed by atoms with van der Waals surface area (Å²) in [6.45, 7) is 2.09. The molecular weight excluding hydrogens is 346 g/mol. The van der Waals surface area contributed by atoms with Crippen LogP contribution in [0.3, 0.4) is 0 Å². The highest BCUT2D eigenvalue weighted by Crippen LogP contribution is 2.27. The minimum atomic E-state index is -0.298. The predicted octanol–water partition coefficient (Wildman–Crippen LogP) is 2.39. The number of nitrogens with zero attached hydrogens (tertiary/aromatic N) is 4. The largest absolute Gasteiger partial charge is 0.496 e. The highest BCUT2D eigenvalue weighted by Gasteiger charge is 2.17. The van der Waals surface area contributed by atoms with Gasteiger partial charge in [0.2, 0.25) is 5.95 Å². The van der Waals surface area contributed by atoms with Gasteiger partial charge in [0, 0.05) is 5.56 Å². The number of aryl methyl sites for hydroxylation is 1. The molecule has 3 heterocycles. The van der Waals surface area contributed by atoms with Crippen molar-refractivity contribution in [2.24, 2.45) is 0 Å². The third kappa shape index (κ3) is 3.01. The number of methoxy groups -OCH3 is 1. The summed E-state index contributed by atoms with van der Waals surface area (Å²) in [6, 6.07) is 11.1. The normalized spacial score (nSPS) is 11.0. The number of hydrogen-bond donors (Lipinski definition) is 1. The lowest BCUT2D eigenvalue weighted by atomic mass is 10.2. The molecule has 0 fully saturated rings. The minimum Gasteiger partial charge on any atom is -0.496 e. The number of nitrogen functional groups attached to an aromatic ring is 1. The molecule has 4 rings (SSSR count). The second-order valence-electron chi connectivity index (χ2n) is 6.01. The first-order valence-corrected chi connectivity index (χ1v) is 8.28. The lowest BCUT2D eigenvalue weighted by Crippen LogP contribution is -2.23. The maximum absolute atomic E-state index is 12.5. The van der Waals surface area contributed by atoms with E-state index in [2.05, 4.69) is 15.0 Å². The summed E-state index contributed by atoms with van der Waals surface area (Å²) in [7, 11) is 1.59. The fourth-order valence-corrected chi connectivity index (χ4v) is 2.95. The second-order valence-corrected chi connectivity index (χ2v) is 6.01. The van der Waals surface area contributed by atoms with Gasteiger partial charge >= 0.3 is 0 Å². The third-order valence-electron chi connectivity index (χ3n) is 4.20. The summed E-state index contributed by atoms with van der Waals surface area (Å²) in [5.74, 6) is 1.96. The summed E-state index contributed by atoms with van der Waals surface area (Å²) in [4.78, 5) is 25.3. The molecule has 0 unspecified atom stereocenters. The summed E-state index contributed by atoms with van der Waals surface area (Å²) < 4.78 is 12.5. The molecule has 3 aromatic heterocycles. The Hall–Kier alpha value is -3.68. The molecule has 0 saturated heterocycles. The zero-order chi connectivity index (χ0) is 19.0. The minimum absolute atomic E-state index is 0.0349. The number of benzene rings is 1. The summed E-state index contributed by atoms with van der Waals surface area (Å²) in [5, 5.41) is 0. The molecule has 0 amide bonds. The number of ether oxygens (including phenoxy) is 1. The molecular formula is C19H17N5O3. The molecule has 8 nitrogen and oxygen atoms in total. The number of aromatic nitrogens is 4. The third-order valence-corrected chi connectivity index (χ3v) is 4.20. The van der Waals surface area contributed by atoms with Crippen molar-refractivity contribution in [3.63, 3.8) is 0 Å². The topological polar surface area (TPSA) is 109 Å². The lowest BCUT2D eigenvalue weighted by molar-refractivity contribution is 0.408. The van der Waals surface area contributed by atoms with E-state index >= 15 is 0 Å². The fourth-order valence-electron chi connectivity index (χ4n) is 2.95. The van der Waals surface area contributed by atoms with E-state index in [1.54, 1.807) is 13.2 Å². The Kier molecular flexibility index (Phi) is 4.08. The highest BCUT2D eigenvalue weighted by molar-refractivity contribution is 5.86. The Bertz CT molecular complexity index is 1200. The van der Waals surface area contributed by atoms with Gasteiger partial charge in [-0.2, -0.15) is 4.98 Å². The molecule has 0 bridgehead atoms. The van der Waals surface area contributed by atoms with E-state index in [1.807, 2.05) is 37.3 Å². The first-order valence-electron chi connectivity index (χ1n) is 8.28. The van der Waals surface area contributed by atoms with E-state index in [0.29, 0.717) is 28.4 Å². The number of hydrogen-bond acceptors (Lipinski definition) is 7. The van der Waals surface area contributed by atoms with Crippen LogP contribution in [0.15, 0.2) is 51.8 Å². The second kappa shape index (κ2) is 6.56. The van der Waals surface area contributed by atoms with E-state index in [4.69, 9.17) is 14.9 Å². The molecule has 136 valence electrons. The van der Waals surface area contributed by atoms with Crippen LogP contribution in [-0.4, -0.2) is 26.6 Å². The molecule has 0 atom stereocenters. The number of para-hydroxylation sites is 1. The van der Waals surface area contributed by atoms with Gasteiger partial charge in [-0.15, -0.1) is 0 Å². The van der Waals surface area contributed by atoms with Gasteiger partial charge in [-0.05, 0) is 25.1 Å². The molecule has 1 aromatic carbocycles. The predicted molar refractivity (Wildman–Crippen MR) is 101 cm³/mol. The van der Waals surface area contributed by atoms with Crippen LogP contribution in [0, 0.1) is 6.92 Å². The molecule has 27 heavy (non-hydrogen) atoms. The molecule has 8 heteroatoms. The van der Waals surface area contributed by atoms with E-state index in [9.17, 15) is 4.79 Å². The Morgan fingerprint density at radius 2 is 2.00 bits per heavy atom. The van der Waals surface area contributed by atoms with E-state index in [0.717, 1.165) is 11.3 Å². The average molecular weight is 363 g/mol. The van der Waals surface area contributed by atoms with Crippen LogP contribution in [0.25, 0.3) is 22.6 Å². The van der Waals surface area contributed by atoms with Crippen molar-refractivity contribution in [3.05, 3.63) is 64.3 Å². The van der Waals surface area contributed by atoms with Crippen molar-refractivity contribution in [2.45, 2.75) is 13.5 Å². The Morgan fingerprint density at radius 1 is 1.19 bits per heavy atom. The number of fused-ring (bicyclic) bond motifs is 1. The van der Waals surface area contributed by atoms with Crippen LogP contribution in [-0.2, 0) is 6.54 Å². The van der Waals surface area contributed by atoms with Crippen molar-refractivity contribution in [3.8, 4) is 17.2 Å². The summed E-state index contributed by atoms with van der Waals surface area (Å²) in [5.41, 5.74) is 7.66. The van der Waals surface area contributed by atoms with Gasteiger partial charge in [0.1, 0.15) is 22.7 Å². The molecule has 2 N–H and O–H groups in total. The number of furan rings is 1. The number of rotatable bonds is 4. The van der Waals surface area contributed by atoms with Gasteiger partial charge in [0.25, 0.3) is 5.56 Å². The summed E-state index contributed by atoms with van der Waals surface area (Å²) in [6.07, 6.45) is 1.25. The standard InChI is InChI=1S/C19H17N5O3/c1-11-7-8-14(27-11)16-17-18(23-19(20)22-16)24(15(25)9-21-17)10-12-5-3-4-6-13(12)26-2/h3-9H,10H2,1-2H3,(H2,20,22,23). The first kappa shape index (κ1) is 16.8. The van der Waals surface area contributed by atoms with Crippen molar-refractivity contribution in [1.82, 2.24) is 19.5 Å². The Labute approximate surface area is 154 Å². The van der Waals surface area contributed by atoms with Crippen molar-refractivity contribution in [1.29, 1.82) is 0 Å². The van der Waals surface area contributed by atoms with Crippen molar-refractivity contribution < 1.29 is 9.15 Å². The molecule has 0 aliphatic rings. The zero-order valence-corrected chi connectivity index (χ0v) is 14.8. The molecule has 0 radical (unpaired) electrons. The molecule has 4 aromatic rings. The monoisotopic (exact) mass is 363 g/mol. The lowest BCUT2D eigenvalue weighted by Gasteiger charge is -2.13. The van der Waals surface area contributed by atoms with Gasteiger partial charge in [-0.3, -0.25) is 9.36 Å². The number of nitrogens with two attached hydrogens (primary N) is 1. The Balaban J connectivity index is 1.95. The van der Waals surface area contributed by atoms with Crippen LogP contribution in [0.4, 0.5) is 5.95 Å². The SMILES string of the molecule is COc1ccccc1Cn1c(=O)cnc2c(-c3ccc(C)o3)nc(N)nc21. The van der Waals surface area contributed by atoms with Crippen LogP contribution < -0.4 is 16.0 Å². The molecule has 0 aliphatic carbocycles. The van der Waals surface area contributed by atoms with Crippen molar-refractivity contribution in [2.75, 3.05) is 12.8 Å². The fraction of sp³-hybridized carbons (Fsp3) is 0.158. The summed E-state index contributed by atoms with van der Waals surface area (Å²) >= 11 is 0. The molecule has 0 spiro atoms. The molecule has 0 saturated carbocycles. The van der Waals surface area contributed by atoms with Gasteiger partial charge < -0.3 is 14.9 Å². The maximum Gasteiger partial charge on any atom is 0.270 e. The quantitative estimate of drug-likeness (QED) is 0.593. The van der Waals surface area contributed by atoms with Gasteiger partial charge in [-0.25, -0.2) is 9.97 Å². The van der Waals surface area contributed by atoms with Crippen LogP contribution in [0.1, 0.15) is 11.3 Å². The van der Waals surface area contributed by atoms with Gasteiger partial charge in [-0.1, -0.05) is 18.2 Å². The van der Waals surface area contributed by atoms with Crippen LogP contribution in [0.5, 0.6) is 5.75 Å². The van der Waals surface area contributed by atoms with Gasteiger partial charge in [0.15, 0.2) is 11.4 Å². The smallest absolute Gasteiger partial charge is 0.270 e. The number of anilines is 1. The average Bonchev–Trinajstić information content (AvgIpc) is 3.10. The van der Waals surface area contributed by atoms with E-state index in [1.165, 1.54) is 10.8 Å². The van der Waals surface area contributed by atoms with Crippen LogP contribution in [0.2, 0.25) is 0 Å². The maximum atomic E-state index is 12.5. The van der Waals surface area contributed by atoms with E-state index < -0.39 is 0 Å². The van der Waals surface area contributed by atoms with Gasteiger partial charge in [0.05, 0.1) is 19.9 Å². The Morgan fingerprint density at radius 3 is 2.74 bits per heavy atom. The highest BCUT2D eigenvalue weighted by atomic mass is 16.5. The zero-order valence-electron chi connectivity index (χ0n) is 14.8. The van der Waals surface area contributed by atoms with Crippen LogP contribution >= 0.6 is 0 Å². The molecule has 0 aliphatic heterocycles.